The Morgan fingerprint density at radius 2 is 2.73 bits per heavy atom. The summed E-state index contributed by atoms with van der Waals surface area (Å²) < 4.78 is 0. The molecule has 0 bridgehead atoms. The molecule has 0 fully saturated rings. The molecule has 1 rings (SSSR count). The molecule has 1 heterocycles. The monoisotopic (exact) mass is 151 g/mol. The van der Waals surface area contributed by atoms with Gasteiger partial charge in [-0.15, -0.1) is 6.58 Å². The standard InChI is InChI=1S/C7H7N2O2/c1-2-5(7(10)11)6-3-8-4-9-6/h2-3,5H,1H2,(H,8,9)(H,10,11). The highest BCUT2D eigenvalue weighted by molar-refractivity contribution is 5.77. The molecule has 57 valence electrons. The van der Waals surface area contributed by atoms with Crippen LogP contribution in [0.25, 0.3) is 0 Å². The predicted octanol–water partition coefficient (Wildman–Crippen LogP) is 0.564. The number of nitrogens with one attached hydrogen (secondary N) is 1. The van der Waals surface area contributed by atoms with Crippen LogP contribution in [0.1, 0.15) is 11.6 Å². The van der Waals surface area contributed by atoms with E-state index in [0.29, 0.717) is 5.69 Å². The van der Waals surface area contributed by atoms with Crippen LogP contribution >= 0.6 is 0 Å². The van der Waals surface area contributed by atoms with Gasteiger partial charge in [0.15, 0.2) is 6.33 Å². The Bertz CT molecular complexity index is 253. The summed E-state index contributed by atoms with van der Waals surface area (Å²) in [5, 5.41) is 8.61. The van der Waals surface area contributed by atoms with E-state index in [1.165, 1.54) is 12.3 Å². The highest BCUT2D eigenvalue weighted by atomic mass is 16.4. The van der Waals surface area contributed by atoms with Crippen molar-refractivity contribution >= 4 is 5.97 Å². The van der Waals surface area contributed by atoms with Crippen molar-refractivity contribution in [2.75, 3.05) is 0 Å². The third kappa shape index (κ3) is 1.46. The van der Waals surface area contributed by atoms with Gasteiger partial charge in [-0.1, -0.05) is 6.08 Å². The first-order valence-corrected chi connectivity index (χ1v) is 3.02. The molecule has 0 aliphatic heterocycles. The van der Waals surface area contributed by atoms with E-state index in [0.717, 1.165) is 0 Å². The molecule has 1 radical (unpaired) electrons. The molecule has 11 heavy (non-hydrogen) atoms. The molecule has 1 unspecified atom stereocenters. The normalized spacial score (nSPS) is 12.4. The van der Waals surface area contributed by atoms with Crippen LogP contribution in [0.5, 0.6) is 0 Å². The number of aromatic amines is 1. The van der Waals surface area contributed by atoms with E-state index in [1.807, 2.05) is 0 Å². The lowest BCUT2D eigenvalue weighted by Crippen LogP contribution is -2.08. The molecule has 1 aromatic rings. The maximum Gasteiger partial charge on any atom is 0.316 e. The first kappa shape index (κ1) is 7.53. The molecule has 0 aliphatic carbocycles. The van der Waals surface area contributed by atoms with Crippen LogP contribution in [0.15, 0.2) is 18.9 Å². The maximum atomic E-state index is 10.5. The molecular weight excluding hydrogens is 144 g/mol. The van der Waals surface area contributed by atoms with Crippen molar-refractivity contribution in [2.24, 2.45) is 0 Å². The van der Waals surface area contributed by atoms with Crippen LogP contribution in [-0.4, -0.2) is 21.0 Å². The summed E-state index contributed by atoms with van der Waals surface area (Å²) in [4.78, 5) is 16.7. The van der Waals surface area contributed by atoms with E-state index >= 15 is 0 Å². The average molecular weight is 151 g/mol. The summed E-state index contributed by atoms with van der Waals surface area (Å²) >= 11 is 0. The van der Waals surface area contributed by atoms with Crippen LogP contribution in [0, 0.1) is 6.33 Å². The number of hydrogen-bond donors (Lipinski definition) is 2. The van der Waals surface area contributed by atoms with E-state index in [4.69, 9.17) is 5.11 Å². The predicted molar refractivity (Wildman–Crippen MR) is 38.0 cm³/mol. The molecule has 1 aromatic heterocycles. The van der Waals surface area contributed by atoms with E-state index in [2.05, 4.69) is 22.9 Å². The van der Waals surface area contributed by atoms with Gasteiger partial charge < -0.3 is 10.1 Å². The Morgan fingerprint density at radius 3 is 3.09 bits per heavy atom. The molecule has 4 nitrogen and oxygen atoms in total. The van der Waals surface area contributed by atoms with E-state index in [-0.39, 0.29) is 0 Å². The van der Waals surface area contributed by atoms with Gasteiger partial charge in [0, 0.05) is 6.20 Å². The molecular formula is C7H7N2O2. The first-order chi connectivity index (χ1) is 5.25. The number of carboxylic acids is 1. The molecule has 0 saturated heterocycles. The molecule has 0 aromatic carbocycles. The van der Waals surface area contributed by atoms with E-state index < -0.39 is 11.9 Å². The lowest BCUT2D eigenvalue weighted by atomic mass is 10.1. The summed E-state index contributed by atoms with van der Waals surface area (Å²) in [6, 6.07) is 0. The fourth-order valence-electron chi connectivity index (χ4n) is 0.743. The number of imidazole rings is 1. The Kier molecular flexibility index (Phi) is 2.06. The number of nitrogens with zero attached hydrogens (tertiary/aromatic N) is 1. The molecule has 2 N–H and O–H groups in total. The van der Waals surface area contributed by atoms with Crippen LogP contribution in [0.3, 0.4) is 0 Å². The van der Waals surface area contributed by atoms with Gasteiger partial charge in [-0.3, -0.25) is 4.79 Å². The lowest BCUT2D eigenvalue weighted by molar-refractivity contribution is -0.137. The maximum absolute atomic E-state index is 10.5. The van der Waals surface area contributed by atoms with Crippen molar-refractivity contribution < 1.29 is 9.90 Å². The van der Waals surface area contributed by atoms with Crippen molar-refractivity contribution in [1.29, 1.82) is 0 Å². The number of carbonyl (C=O) groups is 1. The van der Waals surface area contributed by atoms with Crippen molar-refractivity contribution in [3.8, 4) is 0 Å². The van der Waals surface area contributed by atoms with Crippen molar-refractivity contribution in [1.82, 2.24) is 9.97 Å². The summed E-state index contributed by atoms with van der Waals surface area (Å²) in [5.74, 6) is -1.70. The Balaban J connectivity index is 2.88. The Labute approximate surface area is 63.6 Å². The summed E-state index contributed by atoms with van der Waals surface area (Å²) in [6.07, 6.45) is 5.23. The highest BCUT2D eigenvalue weighted by Crippen LogP contribution is 2.12. The van der Waals surface area contributed by atoms with Gasteiger partial charge in [0.05, 0.1) is 5.69 Å². The zero-order chi connectivity index (χ0) is 8.27. The minimum atomic E-state index is -0.958. The number of rotatable bonds is 3. The van der Waals surface area contributed by atoms with Crippen LogP contribution in [0.2, 0.25) is 0 Å². The van der Waals surface area contributed by atoms with E-state index in [1.54, 1.807) is 0 Å². The molecule has 4 heteroatoms. The summed E-state index contributed by atoms with van der Waals surface area (Å²) in [6.45, 7) is 3.39. The van der Waals surface area contributed by atoms with Gasteiger partial charge in [-0.05, 0) is 0 Å². The second-order valence-electron chi connectivity index (χ2n) is 1.99. The molecule has 0 spiro atoms. The van der Waals surface area contributed by atoms with Crippen LogP contribution < -0.4 is 0 Å². The fourth-order valence-corrected chi connectivity index (χ4v) is 0.743. The summed E-state index contributed by atoms with van der Waals surface area (Å²) in [7, 11) is 0. The number of aromatic nitrogens is 2. The van der Waals surface area contributed by atoms with Gasteiger partial charge in [0.25, 0.3) is 0 Å². The quantitative estimate of drug-likeness (QED) is 0.620. The fraction of sp³-hybridized carbons (Fsp3) is 0.143. The van der Waals surface area contributed by atoms with Crippen LogP contribution in [-0.2, 0) is 4.79 Å². The minimum Gasteiger partial charge on any atom is -0.481 e. The van der Waals surface area contributed by atoms with Gasteiger partial charge in [0.2, 0.25) is 0 Å². The minimum absolute atomic E-state index is 0.424. The zero-order valence-corrected chi connectivity index (χ0v) is 5.74. The number of hydrogen-bond acceptors (Lipinski definition) is 2. The van der Waals surface area contributed by atoms with Crippen molar-refractivity contribution in [2.45, 2.75) is 5.92 Å². The second kappa shape index (κ2) is 3.01. The lowest BCUT2D eigenvalue weighted by Gasteiger charge is -2.00. The SMILES string of the molecule is C=CC(C(=O)O)c1c[nH][c]n1. The number of H-pyrrole nitrogens is 1. The van der Waals surface area contributed by atoms with Crippen molar-refractivity contribution in [3.05, 3.63) is 30.9 Å². The van der Waals surface area contributed by atoms with Gasteiger partial charge in [0.1, 0.15) is 5.92 Å². The van der Waals surface area contributed by atoms with Gasteiger partial charge in [-0.2, -0.15) is 0 Å². The van der Waals surface area contributed by atoms with Gasteiger partial charge >= 0.3 is 5.97 Å². The number of aliphatic carboxylic acids is 1. The second-order valence-corrected chi connectivity index (χ2v) is 1.99. The zero-order valence-electron chi connectivity index (χ0n) is 5.74. The third-order valence-electron chi connectivity index (χ3n) is 1.29. The van der Waals surface area contributed by atoms with E-state index in [9.17, 15) is 4.79 Å². The highest BCUT2D eigenvalue weighted by Gasteiger charge is 2.16. The van der Waals surface area contributed by atoms with Crippen molar-refractivity contribution in [3.63, 3.8) is 0 Å². The molecule has 0 saturated carbocycles. The molecule has 1 atom stereocenters. The summed E-state index contributed by atoms with van der Waals surface area (Å²) in [5.41, 5.74) is 0.424. The third-order valence-corrected chi connectivity index (χ3v) is 1.29. The average Bonchev–Trinajstić information content (AvgIpc) is 2.40. The molecule has 0 aliphatic rings. The topological polar surface area (TPSA) is 66.0 Å². The first-order valence-electron chi connectivity index (χ1n) is 3.02. The van der Waals surface area contributed by atoms with Crippen LogP contribution in [0.4, 0.5) is 0 Å². The number of carboxylic acid groups (broad SMARTS) is 1. The molecule has 0 amide bonds. The van der Waals surface area contributed by atoms with Gasteiger partial charge in [-0.25, -0.2) is 4.98 Å². The smallest absolute Gasteiger partial charge is 0.316 e. The largest absolute Gasteiger partial charge is 0.481 e. The Hall–Kier alpha value is -1.58. The Morgan fingerprint density at radius 1 is 2.00 bits per heavy atom.